The van der Waals surface area contributed by atoms with E-state index in [1.165, 1.54) is 23.3 Å². The number of anilines is 2. The molecular weight excluding hydrogens is 728 g/mol. The van der Waals surface area contributed by atoms with E-state index in [9.17, 15) is 18.5 Å². The van der Waals surface area contributed by atoms with Crippen LogP contribution in [-0.4, -0.2) is 66.5 Å². The van der Waals surface area contributed by atoms with Gasteiger partial charge in [-0.15, -0.1) is 11.8 Å². The van der Waals surface area contributed by atoms with Crippen LogP contribution < -0.4 is 10.2 Å². The maximum absolute atomic E-state index is 13.6. The number of hydrogen-bond donors (Lipinski definition) is 1. The number of aromatic nitrogens is 2. The van der Waals surface area contributed by atoms with Crippen molar-refractivity contribution in [2.24, 2.45) is 7.05 Å². The lowest BCUT2D eigenvalue weighted by atomic mass is 9.99. The Morgan fingerprint density at radius 3 is 2.38 bits per heavy atom. The minimum atomic E-state index is -3.94. The van der Waals surface area contributed by atoms with E-state index in [0.717, 1.165) is 70.9 Å². The molecule has 5 aromatic carbocycles. The van der Waals surface area contributed by atoms with Crippen molar-refractivity contribution in [3.8, 4) is 11.1 Å². The van der Waals surface area contributed by atoms with Crippen LogP contribution in [0.3, 0.4) is 0 Å². The van der Waals surface area contributed by atoms with Crippen molar-refractivity contribution < 1.29 is 13.3 Å². The van der Waals surface area contributed by atoms with Crippen LogP contribution in [0.5, 0.6) is 0 Å². The van der Waals surface area contributed by atoms with E-state index < -0.39 is 14.8 Å². The Labute approximate surface area is 318 Å². The number of nitrogens with one attached hydrogen (secondary N) is 1. The first-order valence-electron chi connectivity index (χ1n) is 17.3. The molecule has 0 atom stereocenters. The minimum Gasteiger partial charge on any atom is -0.379 e. The second kappa shape index (κ2) is 16.0. The monoisotopic (exact) mass is 766 g/mol. The lowest BCUT2D eigenvalue weighted by molar-refractivity contribution is -0.384. The second-order valence-corrected chi connectivity index (χ2v) is 16.6. The summed E-state index contributed by atoms with van der Waals surface area (Å²) in [5, 5.41) is 21.1. The van der Waals surface area contributed by atoms with Crippen molar-refractivity contribution in [2.75, 3.05) is 48.7 Å². The molecule has 6 aromatic rings. The van der Waals surface area contributed by atoms with Gasteiger partial charge in [-0.05, 0) is 71.3 Å². The van der Waals surface area contributed by atoms with Crippen LogP contribution in [0, 0.1) is 10.1 Å². The maximum atomic E-state index is 13.6. The van der Waals surface area contributed by atoms with Crippen molar-refractivity contribution in [1.29, 1.82) is 0 Å². The number of aryl methyl sites for hydroxylation is 1. The van der Waals surface area contributed by atoms with E-state index in [4.69, 9.17) is 11.6 Å². The summed E-state index contributed by atoms with van der Waals surface area (Å²) in [5.41, 5.74) is 5.92. The zero-order chi connectivity index (χ0) is 37.0. The first-order chi connectivity index (χ1) is 25.6. The fraction of sp³-hybridized carbons (Fsp3) is 0.225. The molecule has 1 aliphatic rings. The molecule has 0 amide bonds. The number of nitro benzene ring substituents is 1. The summed E-state index contributed by atoms with van der Waals surface area (Å²) in [5.74, 6) is 0.310. The van der Waals surface area contributed by atoms with Gasteiger partial charge in [0.2, 0.25) is 0 Å². The Bertz CT molecular complexity index is 2350. The molecule has 13 heteroatoms. The maximum Gasteiger partial charge on any atom is 0.293 e. The van der Waals surface area contributed by atoms with Crippen molar-refractivity contribution in [2.45, 2.75) is 22.1 Å². The number of sulfone groups is 1. The van der Waals surface area contributed by atoms with Gasteiger partial charge >= 0.3 is 0 Å². The van der Waals surface area contributed by atoms with Crippen LogP contribution >= 0.6 is 23.4 Å². The molecule has 0 unspecified atom stereocenters. The summed E-state index contributed by atoms with van der Waals surface area (Å²) >= 11 is 7.76. The highest BCUT2D eigenvalue weighted by molar-refractivity contribution is 7.99. The fourth-order valence-corrected chi connectivity index (χ4v) is 8.96. The molecule has 1 N–H and O–H groups in total. The van der Waals surface area contributed by atoms with E-state index in [0.29, 0.717) is 18.0 Å². The third-order valence-electron chi connectivity index (χ3n) is 9.50. The molecule has 1 saturated heterocycles. The van der Waals surface area contributed by atoms with Gasteiger partial charge in [0.05, 0.1) is 26.8 Å². The van der Waals surface area contributed by atoms with Gasteiger partial charge in [-0.1, -0.05) is 66.2 Å². The smallest absolute Gasteiger partial charge is 0.293 e. The molecule has 10 nitrogen and oxygen atoms in total. The molecule has 0 saturated carbocycles. The molecule has 1 fully saturated rings. The van der Waals surface area contributed by atoms with Crippen LogP contribution in [0.15, 0.2) is 125 Å². The van der Waals surface area contributed by atoms with E-state index in [1.807, 2.05) is 54.6 Å². The number of hydrogen-bond acceptors (Lipinski definition) is 9. The van der Waals surface area contributed by atoms with Gasteiger partial charge in [0, 0.05) is 79.1 Å². The Balaban J connectivity index is 1.00. The summed E-state index contributed by atoms with van der Waals surface area (Å²) in [7, 11) is -2.14. The fourth-order valence-electron chi connectivity index (χ4n) is 6.74. The Morgan fingerprint density at radius 2 is 1.62 bits per heavy atom. The molecule has 0 radical (unpaired) electrons. The highest BCUT2D eigenvalue weighted by atomic mass is 35.5. The number of benzene rings is 5. The average Bonchev–Trinajstić information content (AvgIpc) is 3.47. The molecule has 272 valence electrons. The van der Waals surface area contributed by atoms with Crippen LogP contribution in [0.1, 0.15) is 11.3 Å². The molecule has 53 heavy (non-hydrogen) atoms. The largest absolute Gasteiger partial charge is 0.379 e. The first kappa shape index (κ1) is 36.5. The average molecular weight is 767 g/mol. The van der Waals surface area contributed by atoms with Gasteiger partial charge in [0.15, 0.2) is 9.84 Å². The third kappa shape index (κ3) is 8.52. The first-order valence-corrected chi connectivity index (χ1v) is 20.4. The Hall–Kier alpha value is -4.88. The lowest BCUT2D eigenvalue weighted by Crippen LogP contribution is -2.46. The van der Waals surface area contributed by atoms with Crippen LogP contribution in [0.2, 0.25) is 5.02 Å². The number of nitrogens with zero attached hydrogens (tertiary/aromatic N) is 5. The van der Waals surface area contributed by atoms with E-state index in [2.05, 4.69) is 62.7 Å². The highest BCUT2D eigenvalue weighted by Gasteiger charge is 2.25. The zero-order valence-corrected chi connectivity index (χ0v) is 31.6. The molecule has 0 bridgehead atoms. The summed E-state index contributed by atoms with van der Waals surface area (Å²) in [6.07, 6.45) is 0. The van der Waals surface area contributed by atoms with E-state index in [1.54, 1.807) is 23.5 Å². The summed E-state index contributed by atoms with van der Waals surface area (Å²) in [4.78, 5) is 17.2. The van der Waals surface area contributed by atoms with Crippen molar-refractivity contribution in [3.05, 3.63) is 142 Å². The normalized spacial score (nSPS) is 13.7. The SMILES string of the molecule is Cn1nc(CS(=O)(=O)c2ccc(NCCSc3ccccc3)c([N+](=O)[O-])c2)c2ccc(N3CCN(Cc4ccccc4-c4ccc(Cl)cc4)CC3)cc21. The molecule has 7 rings (SSSR count). The third-order valence-corrected chi connectivity index (χ3v) is 12.4. The highest BCUT2D eigenvalue weighted by Crippen LogP contribution is 2.32. The predicted molar refractivity (Wildman–Crippen MR) is 215 cm³/mol. The molecule has 0 aliphatic carbocycles. The summed E-state index contributed by atoms with van der Waals surface area (Å²) < 4.78 is 29.0. The standard InChI is InChI=1S/C40H39ClN6O4S2/c1-44-39-25-32(46-22-20-45(21-23-46)27-30-7-5-6-10-35(30)29-11-13-31(41)14-12-29)15-17-36(39)38(43-44)28-53(50,51)34-16-18-37(40(26-34)47(48)49)42-19-24-52-33-8-3-2-4-9-33/h2-18,25-26,42H,19-24,27-28H2,1H3. The number of piperazine rings is 1. The quantitative estimate of drug-likeness (QED) is 0.0537. The van der Waals surface area contributed by atoms with E-state index >= 15 is 0 Å². The Morgan fingerprint density at radius 1 is 0.887 bits per heavy atom. The van der Waals surface area contributed by atoms with Gasteiger partial charge in [-0.3, -0.25) is 19.7 Å². The molecule has 2 heterocycles. The number of thioether (sulfide) groups is 1. The number of fused-ring (bicyclic) bond motifs is 1. The van der Waals surface area contributed by atoms with Crippen LogP contribution in [0.4, 0.5) is 17.1 Å². The molecule has 1 aromatic heterocycles. The van der Waals surface area contributed by atoms with Crippen molar-refractivity contribution in [3.63, 3.8) is 0 Å². The predicted octanol–water partition coefficient (Wildman–Crippen LogP) is 8.30. The van der Waals surface area contributed by atoms with Gasteiger partial charge in [-0.2, -0.15) is 5.10 Å². The van der Waals surface area contributed by atoms with E-state index in [-0.39, 0.29) is 22.0 Å². The van der Waals surface area contributed by atoms with Crippen LogP contribution in [-0.2, 0) is 29.2 Å². The molecule has 1 aliphatic heterocycles. The lowest BCUT2D eigenvalue weighted by Gasteiger charge is -2.36. The number of rotatable bonds is 13. The van der Waals surface area contributed by atoms with Crippen LogP contribution in [0.25, 0.3) is 22.0 Å². The topological polar surface area (TPSA) is 114 Å². The summed E-state index contributed by atoms with van der Waals surface area (Å²) in [6.45, 7) is 4.82. The van der Waals surface area contributed by atoms with Gasteiger partial charge < -0.3 is 10.2 Å². The Kier molecular flexibility index (Phi) is 11.0. The van der Waals surface area contributed by atoms with Gasteiger partial charge in [-0.25, -0.2) is 8.42 Å². The zero-order valence-electron chi connectivity index (χ0n) is 29.2. The molecular formula is C40H39ClN6O4S2. The molecule has 0 spiro atoms. The van der Waals surface area contributed by atoms with Gasteiger partial charge in [0.25, 0.3) is 5.69 Å². The second-order valence-electron chi connectivity index (χ2n) is 13.0. The van der Waals surface area contributed by atoms with Gasteiger partial charge in [0.1, 0.15) is 5.69 Å². The number of halogens is 1. The minimum absolute atomic E-state index is 0.113. The number of nitro groups is 1. The van der Waals surface area contributed by atoms with Crippen molar-refractivity contribution in [1.82, 2.24) is 14.7 Å². The summed E-state index contributed by atoms with van der Waals surface area (Å²) in [6, 6.07) is 36.4. The van der Waals surface area contributed by atoms with Crippen molar-refractivity contribution >= 4 is 61.2 Å².